The second-order valence-electron chi connectivity index (χ2n) is 9.23. The van der Waals surface area contributed by atoms with Gasteiger partial charge in [0.2, 0.25) is 5.91 Å². The van der Waals surface area contributed by atoms with E-state index in [1.165, 1.54) is 0 Å². The van der Waals surface area contributed by atoms with Crippen molar-refractivity contribution in [3.05, 3.63) is 101 Å². The number of aliphatic imine (C=N–C) groups is 1. The Bertz CT molecular complexity index is 1620. The summed E-state index contributed by atoms with van der Waals surface area (Å²) in [6, 6.07) is 17.5. The lowest BCUT2D eigenvalue weighted by Gasteiger charge is -2.31. The largest absolute Gasteiger partial charge is 0.443 e. The molecular formula is C28H27F2N5O7S. The van der Waals surface area contributed by atoms with E-state index in [0.717, 1.165) is 17.7 Å². The second-order valence-corrected chi connectivity index (χ2v) is 10.9. The van der Waals surface area contributed by atoms with Crippen molar-refractivity contribution in [3.63, 3.8) is 0 Å². The summed E-state index contributed by atoms with van der Waals surface area (Å²) < 4.78 is 62.7. The normalized spacial score (nSPS) is 15.7. The van der Waals surface area contributed by atoms with Gasteiger partial charge in [0.15, 0.2) is 0 Å². The van der Waals surface area contributed by atoms with E-state index in [1.807, 2.05) is 23.0 Å². The lowest BCUT2D eigenvalue weighted by molar-refractivity contribution is -0.157. The number of hydrogen-bond acceptors (Lipinski definition) is 7. The first-order valence-electron chi connectivity index (χ1n) is 12.8. The molecule has 0 aromatic heterocycles. The number of hydrazine groups is 1. The van der Waals surface area contributed by atoms with Gasteiger partial charge in [0, 0.05) is 18.2 Å². The van der Waals surface area contributed by atoms with Crippen LogP contribution in [0.2, 0.25) is 0 Å². The van der Waals surface area contributed by atoms with Crippen LogP contribution in [-0.4, -0.2) is 56.4 Å². The minimum absolute atomic E-state index is 0.0518. The van der Waals surface area contributed by atoms with Crippen LogP contribution in [0.5, 0.6) is 0 Å². The van der Waals surface area contributed by atoms with Gasteiger partial charge in [-0.05, 0) is 23.3 Å². The van der Waals surface area contributed by atoms with Gasteiger partial charge in [-0.1, -0.05) is 54.6 Å². The van der Waals surface area contributed by atoms with Gasteiger partial charge in [0.25, 0.3) is 15.9 Å². The molecule has 0 unspecified atom stereocenters. The molecule has 226 valence electrons. The highest BCUT2D eigenvalue weighted by Crippen LogP contribution is 2.17. The SMILES string of the molecule is N/C(=N\C(=O)OCc1ccccc1)c1ccc(CNC(=O)C[C@@H]2OCCN(NS(=O)(=O)c3ccc(F)cc3F)C2=O)cc1. The third-order valence-electron chi connectivity index (χ3n) is 6.12. The Balaban J connectivity index is 1.26. The molecule has 1 heterocycles. The summed E-state index contributed by atoms with van der Waals surface area (Å²) in [7, 11) is -4.56. The van der Waals surface area contributed by atoms with Crippen LogP contribution in [0.1, 0.15) is 23.1 Å². The summed E-state index contributed by atoms with van der Waals surface area (Å²) in [5, 5.41) is 3.34. The molecule has 12 nitrogen and oxygen atoms in total. The van der Waals surface area contributed by atoms with E-state index in [4.69, 9.17) is 15.2 Å². The van der Waals surface area contributed by atoms with E-state index >= 15 is 0 Å². The average molecular weight is 616 g/mol. The standard InChI is InChI=1S/C28H27F2N5O7S/c29-21-10-11-24(22(30)14-21)43(39,40)34-35-12-13-41-23(27(35)37)15-25(36)32-16-18-6-8-20(9-7-18)26(31)33-28(38)42-17-19-4-2-1-3-5-19/h1-11,14,23,34H,12-13,15-17H2,(H,32,36)(H2,31,33,38)/t23-/m0/s1. The first-order valence-corrected chi connectivity index (χ1v) is 14.3. The molecule has 3 aromatic carbocycles. The molecule has 0 saturated carbocycles. The van der Waals surface area contributed by atoms with Crippen molar-refractivity contribution in [2.75, 3.05) is 13.2 Å². The van der Waals surface area contributed by atoms with Crippen LogP contribution in [0, 0.1) is 11.6 Å². The summed E-state index contributed by atoms with van der Waals surface area (Å²) in [6.45, 7) is -0.155. The summed E-state index contributed by atoms with van der Waals surface area (Å²) in [5.41, 5.74) is 7.83. The average Bonchev–Trinajstić information content (AvgIpc) is 2.97. The maximum Gasteiger partial charge on any atom is 0.435 e. The highest BCUT2D eigenvalue weighted by atomic mass is 32.2. The van der Waals surface area contributed by atoms with Gasteiger partial charge in [0.05, 0.1) is 19.6 Å². The van der Waals surface area contributed by atoms with Crippen LogP contribution in [0.3, 0.4) is 0 Å². The van der Waals surface area contributed by atoms with Gasteiger partial charge < -0.3 is 20.5 Å². The Labute approximate surface area is 245 Å². The summed E-state index contributed by atoms with van der Waals surface area (Å²) in [4.78, 5) is 42.1. The number of hydrogen-bond donors (Lipinski definition) is 3. The monoisotopic (exact) mass is 615 g/mol. The number of amidine groups is 1. The number of carbonyl (C=O) groups excluding carboxylic acids is 3. The van der Waals surface area contributed by atoms with E-state index < -0.39 is 57.0 Å². The van der Waals surface area contributed by atoms with Crippen molar-refractivity contribution in [2.24, 2.45) is 10.7 Å². The lowest BCUT2D eigenvalue weighted by Crippen LogP contribution is -2.56. The molecule has 0 spiro atoms. The molecule has 0 radical (unpaired) electrons. The number of nitrogens with zero attached hydrogens (tertiary/aromatic N) is 2. The van der Waals surface area contributed by atoms with Crippen LogP contribution in [0.15, 0.2) is 82.7 Å². The maximum atomic E-state index is 14.0. The molecule has 1 aliphatic heterocycles. The summed E-state index contributed by atoms with van der Waals surface area (Å²) in [5.74, 6) is -3.75. The van der Waals surface area contributed by atoms with Gasteiger partial charge in [-0.15, -0.1) is 4.83 Å². The number of ether oxygens (including phenoxy) is 2. The molecule has 15 heteroatoms. The molecule has 3 amide bonds. The minimum atomic E-state index is -4.56. The van der Waals surface area contributed by atoms with Crippen molar-refractivity contribution < 1.29 is 41.1 Å². The zero-order valence-corrected chi connectivity index (χ0v) is 23.4. The van der Waals surface area contributed by atoms with Gasteiger partial charge >= 0.3 is 6.09 Å². The van der Waals surface area contributed by atoms with Gasteiger partial charge in [-0.2, -0.15) is 4.99 Å². The zero-order chi connectivity index (χ0) is 31.0. The number of amides is 3. The Morgan fingerprint density at radius 3 is 2.47 bits per heavy atom. The van der Waals surface area contributed by atoms with Crippen molar-refractivity contribution in [1.82, 2.24) is 15.2 Å². The molecule has 43 heavy (non-hydrogen) atoms. The molecule has 4 rings (SSSR count). The second kappa shape index (κ2) is 14.0. The molecule has 1 atom stereocenters. The van der Waals surface area contributed by atoms with E-state index in [0.29, 0.717) is 22.2 Å². The molecule has 0 bridgehead atoms. The minimum Gasteiger partial charge on any atom is -0.443 e. The number of benzene rings is 3. The first kappa shape index (κ1) is 31.2. The Kier molecular flexibility index (Phi) is 10.1. The number of sulfonamides is 1. The Morgan fingerprint density at radius 1 is 1.05 bits per heavy atom. The van der Waals surface area contributed by atoms with Crippen LogP contribution in [0.25, 0.3) is 0 Å². The molecular weight excluding hydrogens is 588 g/mol. The highest BCUT2D eigenvalue weighted by molar-refractivity contribution is 7.89. The lowest BCUT2D eigenvalue weighted by atomic mass is 10.1. The van der Waals surface area contributed by atoms with E-state index in [1.54, 1.807) is 36.4 Å². The fourth-order valence-electron chi connectivity index (χ4n) is 3.91. The number of morpholine rings is 1. The first-order chi connectivity index (χ1) is 20.5. The number of nitrogens with two attached hydrogens (primary N) is 1. The number of carbonyl (C=O) groups is 3. The molecule has 3 aromatic rings. The summed E-state index contributed by atoms with van der Waals surface area (Å²) in [6.07, 6.45) is -2.55. The fraction of sp³-hybridized carbons (Fsp3) is 0.214. The third kappa shape index (κ3) is 8.64. The van der Waals surface area contributed by atoms with Crippen LogP contribution in [-0.2, 0) is 42.2 Å². The van der Waals surface area contributed by atoms with Crippen molar-refractivity contribution >= 4 is 33.8 Å². The Morgan fingerprint density at radius 2 is 1.77 bits per heavy atom. The Hall–Kier alpha value is -4.73. The van der Waals surface area contributed by atoms with Crippen molar-refractivity contribution in [3.8, 4) is 0 Å². The maximum absolute atomic E-state index is 14.0. The van der Waals surface area contributed by atoms with Crippen LogP contribution >= 0.6 is 0 Å². The zero-order valence-electron chi connectivity index (χ0n) is 22.5. The molecule has 1 aliphatic rings. The van der Waals surface area contributed by atoms with Crippen LogP contribution < -0.4 is 15.9 Å². The third-order valence-corrected chi connectivity index (χ3v) is 7.49. The predicted molar refractivity (Wildman–Crippen MR) is 148 cm³/mol. The van der Waals surface area contributed by atoms with Crippen molar-refractivity contribution in [1.29, 1.82) is 0 Å². The quantitative estimate of drug-likeness (QED) is 0.230. The molecule has 1 saturated heterocycles. The molecule has 4 N–H and O–H groups in total. The van der Waals surface area contributed by atoms with Gasteiger partial charge in [0.1, 0.15) is 35.1 Å². The molecule has 1 fully saturated rings. The number of nitrogens with one attached hydrogen (secondary N) is 2. The summed E-state index contributed by atoms with van der Waals surface area (Å²) >= 11 is 0. The number of halogens is 2. The van der Waals surface area contributed by atoms with E-state index in [9.17, 15) is 31.6 Å². The van der Waals surface area contributed by atoms with Gasteiger partial charge in [-0.3, -0.25) is 14.6 Å². The fourth-order valence-corrected chi connectivity index (χ4v) is 5.05. The van der Waals surface area contributed by atoms with Crippen molar-refractivity contribution in [2.45, 2.75) is 30.6 Å². The smallest absolute Gasteiger partial charge is 0.435 e. The molecule has 0 aliphatic carbocycles. The predicted octanol–water partition coefficient (Wildman–Crippen LogP) is 2.13. The van der Waals surface area contributed by atoms with Crippen LogP contribution in [0.4, 0.5) is 13.6 Å². The topological polar surface area (TPSA) is 169 Å². The number of rotatable bonds is 10. The van der Waals surface area contributed by atoms with E-state index in [-0.39, 0.29) is 32.1 Å². The van der Waals surface area contributed by atoms with E-state index in [2.05, 4.69) is 10.3 Å². The van der Waals surface area contributed by atoms with Gasteiger partial charge in [-0.25, -0.2) is 22.0 Å². The highest BCUT2D eigenvalue weighted by Gasteiger charge is 2.34.